The van der Waals surface area contributed by atoms with Gasteiger partial charge < -0.3 is 9.47 Å². The lowest BCUT2D eigenvalue weighted by molar-refractivity contribution is -0.149. The summed E-state index contributed by atoms with van der Waals surface area (Å²) in [4.78, 5) is 35.6. The van der Waals surface area contributed by atoms with E-state index in [1.54, 1.807) is 18.2 Å². The lowest BCUT2D eigenvalue weighted by Crippen LogP contribution is -2.33. The lowest BCUT2D eigenvalue weighted by Gasteiger charge is -2.27. The van der Waals surface area contributed by atoms with Gasteiger partial charge in [0, 0.05) is 25.3 Å². The number of allylic oxidation sites excluding steroid dienone is 5. The normalized spacial score (nSPS) is 20.6. The van der Waals surface area contributed by atoms with Crippen LogP contribution < -0.4 is 0 Å². The fourth-order valence-electron chi connectivity index (χ4n) is 3.05. The molecule has 1 atom stereocenters. The van der Waals surface area contributed by atoms with Crippen molar-refractivity contribution in [1.29, 1.82) is 0 Å². The van der Waals surface area contributed by atoms with Crippen LogP contribution in [-0.4, -0.2) is 30.4 Å². The summed E-state index contributed by atoms with van der Waals surface area (Å²) in [5.74, 6) is -0.779. The second-order valence-corrected chi connectivity index (χ2v) is 8.11. The van der Waals surface area contributed by atoms with E-state index in [1.165, 1.54) is 26.9 Å². The molecule has 0 aliphatic heterocycles. The highest BCUT2D eigenvalue weighted by atomic mass is 127. The second-order valence-electron chi connectivity index (χ2n) is 6.95. The van der Waals surface area contributed by atoms with Crippen LogP contribution in [0.25, 0.3) is 0 Å². The van der Waals surface area contributed by atoms with E-state index in [4.69, 9.17) is 4.74 Å². The van der Waals surface area contributed by atoms with Crippen LogP contribution in [0.2, 0.25) is 0 Å². The maximum Gasteiger partial charge on any atom is 0.305 e. The van der Waals surface area contributed by atoms with E-state index in [2.05, 4.69) is 17.7 Å². The average Bonchev–Trinajstić information content (AvgIpc) is 2.90. The Bertz CT molecular complexity index is 702. The van der Waals surface area contributed by atoms with Crippen LogP contribution in [0.4, 0.5) is 0 Å². The number of methoxy groups -OCH3 is 1. The first-order valence-electron chi connectivity index (χ1n) is 10.1. The zero-order valence-corrected chi connectivity index (χ0v) is 19.7. The quantitative estimate of drug-likeness (QED) is 0.112. The third-order valence-electron chi connectivity index (χ3n) is 4.54. The van der Waals surface area contributed by atoms with E-state index < -0.39 is 11.6 Å². The molecular formula is C23H31IO5. The van der Waals surface area contributed by atoms with Crippen LogP contribution in [0, 0.1) is 0 Å². The van der Waals surface area contributed by atoms with E-state index in [-0.39, 0.29) is 11.8 Å². The van der Waals surface area contributed by atoms with Gasteiger partial charge in [0.2, 0.25) is 0 Å². The number of ketones is 1. The van der Waals surface area contributed by atoms with E-state index in [0.717, 1.165) is 12.8 Å². The Hall–Kier alpha value is -1.70. The Labute approximate surface area is 187 Å². The van der Waals surface area contributed by atoms with Gasteiger partial charge in [-0.05, 0) is 54.4 Å². The highest BCUT2D eigenvalue weighted by Gasteiger charge is 2.44. The van der Waals surface area contributed by atoms with Gasteiger partial charge in [-0.15, -0.1) is 0 Å². The average molecular weight is 514 g/mol. The van der Waals surface area contributed by atoms with Crippen molar-refractivity contribution in [2.24, 2.45) is 0 Å². The van der Waals surface area contributed by atoms with Crippen molar-refractivity contribution in [3.05, 3.63) is 45.6 Å². The van der Waals surface area contributed by atoms with E-state index in [1.807, 2.05) is 34.7 Å². The van der Waals surface area contributed by atoms with Gasteiger partial charge in [0.25, 0.3) is 0 Å². The van der Waals surface area contributed by atoms with Gasteiger partial charge in [-0.1, -0.05) is 50.1 Å². The molecule has 0 fully saturated rings. The van der Waals surface area contributed by atoms with E-state index in [9.17, 15) is 14.4 Å². The molecule has 0 spiro atoms. The Morgan fingerprint density at radius 1 is 1.14 bits per heavy atom. The number of hydrogen-bond acceptors (Lipinski definition) is 5. The third kappa shape index (κ3) is 8.68. The molecular weight excluding hydrogens is 483 g/mol. The van der Waals surface area contributed by atoms with Gasteiger partial charge in [-0.2, -0.15) is 0 Å². The molecule has 0 unspecified atom stereocenters. The van der Waals surface area contributed by atoms with Crippen LogP contribution in [-0.2, 0) is 23.9 Å². The topological polar surface area (TPSA) is 69.7 Å². The molecule has 0 saturated heterocycles. The lowest BCUT2D eigenvalue weighted by atomic mass is 9.91. The summed E-state index contributed by atoms with van der Waals surface area (Å²) in [7, 11) is 1.37. The van der Waals surface area contributed by atoms with Crippen molar-refractivity contribution >= 4 is 40.3 Å². The SMILES string of the molecule is CCCCC/C=C\C[C@@]1(OC(C)=O)C=C(I)C(=O)/C1=C/C=C/CCCC(=O)OC. The second kappa shape index (κ2) is 13.5. The molecule has 0 N–H and O–H groups in total. The Kier molecular flexibility index (Phi) is 11.8. The fraction of sp³-hybridized carbons (Fsp3) is 0.522. The summed E-state index contributed by atoms with van der Waals surface area (Å²) in [6.07, 6.45) is 17.8. The Morgan fingerprint density at radius 2 is 1.86 bits per heavy atom. The molecule has 0 heterocycles. The van der Waals surface area contributed by atoms with Crippen molar-refractivity contribution in [2.75, 3.05) is 7.11 Å². The van der Waals surface area contributed by atoms with Crippen molar-refractivity contribution in [2.45, 2.75) is 70.8 Å². The summed E-state index contributed by atoms with van der Waals surface area (Å²) in [6.45, 7) is 3.52. The van der Waals surface area contributed by atoms with Crippen molar-refractivity contribution in [3.8, 4) is 0 Å². The number of Topliss-reactive ketones (excluding diaryl/α,β-unsaturated/α-hetero) is 1. The number of carbonyl (C=O) groups excluding carboxylic acids is 3. The van der Waals surface area contributed by atoms with Crippen molar-refractivity contribution in [3.63, 3.8) is 0 Å². The molecule has 0 saturated carbocycles. The summed E-state index contributed by atoms with van der Waals surface area (Å²) < 4.78 is 10.8. The summed E-state index contributed by atoms with van der Waals surface area (Å²) >= 11 is 1.99. The number of unbranched alkanes of at least 4 members (excludes halogenated alkanes) is 4. The first-order valence-corrected chi connectivity index (χ1v) is 11.2. The van der Waals surface area contributed by atoms with Gasteiger partial charge in [-0.3, -0.25) is 14.4 Å². The van der Waals surface area contributed by atoms with Crippen molar-refractivity contribution < 1.29 is 23.9 Å². The summed E-state index contributed by atoms with van der Waals surface area (Å²) in [5.41, 5.74) is -0.601. The molecule has 6 heteroatoms. The molecule has 0 aromatic heterocycles. The number of rotatable bonds is 12. The van der Waals surface area contributed by atoms with Gasteiger partial charge in [0.1, 0.15) is 0 Å². The molecule has 0 amide bonds. The fourth-order valence-corrected chi connectivity index (χ4v) is 3.85. The molecule has 1 aliphatic rings. The van der Waals surface area contributed by atoms with Gasteiger partial charge in [0.05, 0.1) is 10.7 Å². The molecule has 0 aromatic carbocycles. The molecule has 29 heavy (non-hydrogen) atoms. The highest BCUT2D eigenvalue weighted by Crippen LogP contribution is 2.40. The molecule has 0 aromatic rings. The number of carbonyl (C=O) groups is 3. The number of hydrogen-bond donors (Lipinski definition) is 0. The predicted octanol–water partition coefficient (Wildman–Crippen LogP) is 5.54. The van der Waals surface area contributed by atoms with Gasteiger partial charge in [-0.25, -0.2) is 0 Å². The van der Waals surface area contributed by atoms with Crippen LogP contribution in [0.15, 0.2) is 45.6 Å². The third-order valence-corrected chi connectivity index (χ3v) is 5.34. The minimum Gasteiger partial charge on any atom is -0.469 e. The molecule has 160 valence electrons. The Morgan fingerprint density at radius 3 is 2.52 bits per heavy atom. The molecule has 0 radical (unpaired) electrons. The maximum absolute atomic E-state index is 12.7. The Balaban J connectivity index is 2.90. The minimum atomic E-state index is -1.06. The number of ether oxygens (including phenoxy) is 2. The van der Waals surface area contributed by atoms with Crippen LogP contribution >= 0.6 is 22.6 Å². The van der Waals surface area contributed by atoms with Crippen LogP contribution in [0.3, 0.4) is 0 Å². The number of esters is 2. The minimum absolute atomic E-state index is 0.120. The van der Waals surface area contributed by atoms with Crippen LogP contribution in [0.1, 0.15) is 65.2 Å². The number of halogens is 1. The van der Waals surface area contributed by atoms with Crippen LogP contribution in [0.5, 0.6) is 0 Å². The first-order chi connectivity index (χ1) is 13.9. The molecule has 1 rings (SSSR count). The zero-order chi connectivity index (χ0) is 21.7. The smallest absolute Gasteiger partial charge is 0.305 e. The molecule has 1 aliphatic carbocycles. The predicted molar refractivity (Wildman–Crippen MR) is 123 cm³/mol. The summed E-state index contributed by atoms with van der Waals surface area (Å²) in [5, 5.41) is 0. The van der Waals surface area contributed by atoms with Gasteiger partial charge in [0.15, 0.2) is 11.4 Å². The highest BCUT2D eigenvalue weighted by molar-refractivity contribution is 14.1. The molecule has 0 bridgehead atoms. The molecule has 5 nitrogen and oxygen atoms in total. The van der Waals surface area contributed by atoms with E-state index in [0.29, 0.717) is 34.8 Å². The zero-order valence-electron chi connectivity index (χ0n) is 17.5. The van der Waals surface area contributed by atoms with Gasteiger partial charge >= 0.3 is 11.9 Å². The maximum atomic E-state index is 12.7. The van der Waals surface area contributed by atoms with Crippen molar-refractivity contribution in [1.82, 2.24) is 0 Å². The summed E-state index contributed by atoms with van der Waals surface area (Å²) in [6, 6.07) is 0. The first kappa shape index (κ1) is 25.3. The standard InChI is InChI=1S/C23H31IO5/c1-4-5-6-7-10-13-16-23(29-18(2)25)17-20(24)22(27)19(23)14-11-8-9-12-15-21(26)28-3/h8,10-11,13-14,17H,4-7,9,12,15-16H2,1-3H3/b11-8+,13-10-,19-14-/t23-/m1/s1. The van der Waals surface area contributed by atoms with E-state index >= 15 is 0 Å². The monoisotopic (exact) mass is 514 g/mol. The largest absolute Gasteiger partial charge is 0.469 e.